The van der Waals surface area contributed by atoms with Crippen molar-refractivity contribution in [3.63, 3.8) is 0 Å². The molecule has 3 aromatic carbocycles. The highest BCUT2D eigenvalue weighted by Crippen LogP contribution is 2.50. The molecule has 0 spiro atoms. The van der Waals surface area contributed by atoms with Gasteiger partial charge in [-0.3, -0.25) is 13.7 Å². The van der Waals surface area contributed by atoms with Crippen LogP contribution in [-0.2, 0) is 23.6 Å². The number of carbonyl (C=O) groups excluding carboxylic acids is 1. The number of benzene rings is 3. The Balaban J connectivity index is 2.22. The number of hydrogen-bond donors (Lipinski definition) is 1. The van der Waals surface area contributed by atoms with Crippen LogP contribution in [0.15, 0.2) is 59.5 Å². The summed E-state index contributed by atoms with van der Waals surface area (Å²) < 4.78 is 52.7. The van der Waals surface area contributed by atoms with Gasteiger partial charge in [0.1, 0.15) is 6.29 Å². The van der Waals surface area contributed by atoms with Gasteiger partial charge in [0.25, 0.3) is 15.9 Å². The molecule has 0 bridgehead atoms. The molecule has 0 fully saturated rings. The van der Waals surface area contributed by atoms with Crippen LogP contribution in [0.3, 0.4) is 0 Å². The van der Waals surface area contributed by atoms with Gasteiger partial charge in [-0.2, -0.15) is 0 Å². The van der Waals surface area contributed by atoms with Gasteiger partial charge in [0.05, 0.1) is 23.8 Å². The normalized spacial score (nSPS) is 12.0. The molecule has 1 amide bonds. The van der Waals surface area contributed by atoms with E-state index in [1.54, 1.807) is 44.2 Å². The lowest BCUT2D eigenvalue weighted by Crippen LogP contribution is -2.33. The Morgan fingerprint density at radius 3 is 2.20 bits per heavy atom. The fraction of sp³-hybridized carbons (Fsp3) is 0.261. The Kier molecular flexibility index (Phi) is 8.86. The lowest BCUT2D eigenvalue weighted by Gasteiger charge is -2.28. The molecule has 188 valence electrons. The minimum absolute atomic E-state index is 0.0569. The van der Waals surface area contributed by atoms with Gasteiger partial charge in [-0.25, -0.2) is 8.42 Å². The van der Waals surface area contributed by atoms with Crippen LogP contribution < -0.4 is 9.62 Å². The maximum absolute atomic E-state index is 13.8. The number of sulfonamides is 1. The number of halogens is 2. The molecule has 0 aliphatic rings. The number of fused-ring (bicyclic) bond motifs is 1. The maximum atomic E-state index is 13.8. The first-order chi connectivity index (χ1) is 16.5. The number of nitrogens with zero attached hydrogens (tertiary/aromatic N) is 1. The van der Waals surface area contributed by atoms with Crippen LogP contribution in [0.5, 0.6) is 0 Å². The SMILES string of the molecule is CCOP(=O)(CN(c1ccc2c(C(=O)NC)cccc2c1)S(=O)(=O)c1cc(Cl)cc(Cl)c1)OCC. The van der Waals surface area contributed by atoms with E-state index >= 15 is 0 Å². The van der Waals surface area contributed by atoms with Crippen LogP contribution in [0.4, 0.5) is 5.69 Å². The highest BCUT2D eigenvalue weighted by atomic mass is 35.5. The van der Waals surface area contributed by atoms with E-state index < -0.39 is 23.9 Å². The van der Waals surface area contributed by atoms with Gasteiger partial charge in [-0.05, 0) is 61.0 Å². The second-order valence-corrected chi connectivity index (χ2v) is 12.1. The van der Waals surface area contributed by atoms with Crippen molar-refractivity contribution in [2.24, 2.45) is 0 Å². The van der Waals surface area contributed by atoms with Crippen molar-refractivity contribution in [1.82, 2.24) is 5.32 Å². The maximum Gasteiger partial charge on any atom is 0.350 e. The number of rotatable bonds is 10. The Bertz CT molecular complexity index is 1370. The Morgan fingerprint density at radius 2 is 1.63 bits per heavy atom. The minimum atomic E-state index is -4.32. The van der Waals surface area contributed by atoms with Crippen LogP contribution in [0, 0.1) is 0 Å². The van der Waals surface area contributed by atoms with Gasteiger partial charge in [-0.15, -0.1) is 0 Å². The van der Waals surface area contributed by atoms with Crippen molar-refractivity contribution in [2.75, 3.05) is 30.9 Å². The molecular formula is C23H25Cl2N2O6PS. The van der Waals surface area contributed by atoms with E-state index in [1.165, 1.54) is 31.3 Å². The minimum Gasteiger partial charge on any atom is -0.355 e. The molecule has 0 aliphatic carbocycles. The van der Waals surface area contributed by atoms with Gasteiger partial charge in [0, 0.05) is 22.7 Å². The van der Waals surface area contributed by atoms with Gasteiger partial charge in [0.2, 0.25) is 0 Å². The highest BCUT2D eigenvalue weighted by Gasteiger charge is 2.35. The van der Waals surface area contributed by atoms with Crippen LogP contribution >= 0.6 is 30.8 Å². The predicted octanol–water partition coefficient (Wildman–Crippen LogP) is 5.93. The zero-order chi connectivity index (χ0) is 25.8. The molecular weight excluding hydrogens is 534 g/mol. The molecule has 3 aromatic rings. The van der Waals surface area contributed by atoms with Gasteiger partial charge in [0.15, 0.2) is 0 Å². The molecule has 0 aromatic heterocycles. The summed E-state index contributed by atoms with van der Waals surface area (Å²) >= 11 is 12.1. The van der Waals surface area contributed by atoms with E-state index in [0.29, 0.717) is 16.3 Å². The molecule has 8 nitrogen and oxygen atoms in total. The predicted molar refractivity (Wildman–Crippen MR) is 139 cm³/mol. The zero-order valence-electron chi connectivity index (χ0n) is 19.3. The summed E-state index contributed by atoms with van der Waals surface area (Å²) in [5.74, 6) is -0.279. The van der Waals surface area contributed by atoms with Crippen LogP contribution in [0.1, 0.15) is 24.2 Å². The third-order valence-corrected chi connectivity index (χ3v) is 9.31. The first-order valence-corrected chi connectivity index (χ1v) is 14.6. The number of amides is 1. The molecule has 12 heteroatoms. The summed E-state index contributed by atoms with van der Waals surface area (Å²) in [6.45, 7) is 3.39. The molecule has 1 N–H and O–H groups in total. The molecule has 35 heavy (non-hydrogen) atoms. The fourth-order valence-electron chi connectivity index (χ4n) is 3.53. The average molecular weight is 559 g/mol. The van der Waals surface area contributed by atoms with Crippen molar-refractivity contribution in [2.45, 2.75) is 18.7 Å². The lowest BCUT2D eigenvalue weighted by atomic mass is 10.0. The van der Waals surface area contributed by atoms with Crippen molar-refractivity contribution < 1.29 is 26.8 Å². The van der Waals surface area contributed by atoms with Crippen LogP contribution in [0.25, 0.3) is 10.8 Å². The van der Waals surface area contributed by atoms with Gasteiger partial charge in [-0.1, -0.05) is 41.4 Å². The molecule has 0 radical (unpaired) electrons. The van der Waals surface area contributed by atoms with E-state index in [0.717, 1.165) is 4.31 Å². The molecule has 0 saturated heterocycles. The van der Waals surface area contributed by atoms with E-state index in [-0.39, 0.29) is 39.7 Å². The number of hydrogen-bond acceptors (Lipinski definition) is 6. The standard InChI is InChI=1S/C23H25Cl2N2O6PS/c1-4-32-34(29,33-5-2)15-27(35(30,31)20-13-17(24)12-18(25)14-20)19-9-10-21-16(11-19)7-6-8-22(21)23(28)26-3/h6-14H,4-5,15H2,1-3H3,(H,26,28). The smallest absolute Gasteiger partial charge is 0.350 e. The average Bonchev–Trinajstić information content (AvgIpc) is 2.81. The first kappa shape index (κ1) is 27.5. The number of anilines is 1. The van der Waals surface area contributed by atoms with Crippen molar-refractivity contribution in [3.8, 4) is 0 Å². The van der Waals surface area contributed by atoms with Crippen molar-refractivity contribution in [1.29, 1.82) is 0 Å². The molecule has 0 saturated carbocycles. The lowest BCUT2D eigenvalue weighted by molar-refractivity contribution is 0.0964. The van der Waals surface area contributed by atoms with Gasteiger partial charge >= 0.3 is 7.60 Å². The summed E-state index contributed by atoms with van der Waals surface area (Å²) in [6.07, 6.45) is -0.582. The molecule has 0 heterocycles. The van der Waals surface area contributed by atoms with Crippen molar-refractivity contribution in [3.05, 3.63) is 70.2 Å². The molecule has 0 atom stereocenters. The van der Waals surface area contributed by atoms with Crippen LogP contribution in [0.2, 0.25) is 10.0 Å². The number of nitrogens with one attached hydrogen (secondary N) is 1. The van der Waals surface area contributed by atoms with Crippen molar-refractivity contribution >= 4 is 63.2 Å². The molecule has 0 aliphatic heterocycles. The summed E-state index contributed by atoms with van der Waals surface area (Å²) in [5.41, 5.74) is 0.629. The fourth-order valence-corrected chi connectivity index (χ4v) is 7.92. The zero-order valence-corrected chi connectivity index (χ0v) is 22.5. The van der Waals surface area contributed by atoms with E-state index in [9.17, 15) is 17.8 Å². The Morgan fingerprint density at radius 1 is 1.00 bits per heavy atom. The van der Waals surface area contributed by atoms with Gasteiger partial charge < -0.3 is 14.4 Å². The summed E-state index contributed by atoms with van der Waals surface area (Å²) in [7, 11) is -6.64. The van der Waals surface area contributed by atoms with Crippen LogP contribution in [-0.4, -0.2) is 40.9 Å². The summed E-state index contributed by atoms with van der Waals surface area (Å²) in [5, 5.41) is 4.07. The number of carbonyl (C=O) groups is 1. The summed E-state index contributed by atoms with van der Waals surface area (Å²) in [4.78, 5) is 12.1. The Hall–Kier alpha value is -2.13. The topological polar surface area (TPSA) is 102 Å². The second-order valence-electron chi connectivity index (χ2n) is 7.34. The quantitative estimate of drug-likeness (QED) is 0.309. The van der Waals surface area contributed by atoms with E-state index in [1.807, 2.05) is 0 Å². The Labute approximate surface area is 214 Å². The molecule has 0 unspecified atom stereocenters. The molecule has 3 rings (SSSR count). The largest absolute Gasteiger partial charge is 0.355 e. The summed E-state index contributed by atoms with van der Waals surface area (Å²) in [6, 6.07) is 13.8. The third kappa shape index (κ3) is 6.17. The first-order valence-electron chi connectivity index (χ1n) is 10.7. The van der Waals surface area contributed by atoms with E-state index in [4.69, 9.17) is 32.2 Å². The third-order valence-electron chi connectivity index (χ3n) is 5.00. The van der Waals surface area contributed by atoms with E-state index in [2.05, 4.69) is 5.32 Å². The highest BCUT2D eigenvalue weighted by molar-refractivity contribution is 7.93. The second kappa shape index (κ2) is 11.3. The monoisotopic (exact) mass is 558 g/mol.